The van der Waals surface area contributed by atoms with Crippen LogP contribution in [0.3, 0.4) is 0 Å². The number of hydrogen-bond donors (Lipinski definition) is 2. The molecular formula is C7H12N4O2. The van der Waals surface area contributed by atoms with Gasteiger partial charge in [0.2, 0.25) is 5.89 Å². The Labute approximate surface area is 75.5 Å². The van der Waals surface area contributed by atoms with Crippen molar-refractivity contribution in [2.75, 3.05) is 6.54 Å². The summed E-state index contributed by atoms with van der Waals surface area (Å²) in [4.78, 5) is 14.3. The quantitative estimate of drug-likeness (QED) is 0.643. The molecule has 0 aliphatic rings. The van der Waals surface area contributed by atoms with Crippen molar-refractivity contribution in [3.8, 4) is 0 Å². The van der Waals surface area contributed by atoms with Crippen LogP contribution in [0.15, 0.2) is 4.52 Å². The number of urea groups is 1. The van der Waals surface area contributed by atoms with Gasteiger partial charge in [0.25, 0.3) is 0 Å². The second-order valence-corrected chi connectivity index (χ2v) is 2.63. The second-order valence-electron chi connectivity index (χ2n) is 2.63. The molecule has 1 heterocycles. The fourth-order valence-electron chi connectivity index (χ4n) is 0.893. The van der Waals surface area contributed by atoms with Gasteiger partial charge in [0.1, 0.15) is 0 Å². The first-order valence-electron chi connectivity index (χ1n) is 4.01. The Kier molecular flexibility index (Phi) is 3.24. The van der Waals surface area contributed by atoms with Crippen molar-refractivity contribution in [2.45, 2.75) is 19.8 Å². The lowest BCUT2D eigenvalue weighted by Gasteiger charge is -1.97. The van der Waals surface area contributed by atoms with Crippen LogP contribution in [0.4, 0.5) is 4.79 Å². The zero-order valence-corrected chi connectivity index (χ0v) is 7.41. The summed E-state index contributed by atoms with van der Waals surface area (Å²) in [7, 11) is 0. The van der Waals surface area contributed by atoms with Crippen LogP contribution in [0.1, 0.15) is 18.1 Å². The molecule has 0 aromatic carbocycles. The maximum Gasteiger partial charge on any atom is 0.312 e. The topological polar surface area (TPSA) is 94.0 Å². The highest BCUT2D eigenvalue weighted by Crippen LogP contribution is 1.98. The molecule has 6 heteroatoms. The van der Waals surface area contributed by atoms with E-state index in [0.717, 1.165) is 6.42 Å². The Morgan fingerprint density at radius 2 is 2.46 bits per heavy atom. The largest absolute Gasteiger partial charge is 0.352 e. The molecule has 1 aromatic heterocycles. The SMILES string of the molecule is Cc1noc(CCCNC(N)=O)n1. The lowest BCUT2D eigenvalue weighted by Crippen LogP contribution is -2.30. The van der Waals surface area contributed by atoms with Gasteiger partial charge in [-0.05, 0) is 13.3 Å². The van der Waals surface area contributed by atoms with E-state index in [1.165, 1.54) is 0 Å². The smallest absolute Gasteiger partial charge is 0.312 e. The van der Waals surface area contributed by atoms with Gasteiger partial charge < -0.3 is 15.6 Å². The molecular weight excluding hydrogens is 172 g/mol. The average Bonchev–Trinajstić information content (AvgIpc) is 2.45. The number of rotatable bonds is 4. The van der Waals surface area contributed by atoms with Crippen molar-refractivity contribution in [1.29, 1.82) is 0 Å². The van der Waals surface area contributed by atoms with Gasteiger partial charge in [0.05, 0.1) is 0 Å². The van der Waals surface area contributed by atoms with Gasteiger partial charge in [-0.3, -0.25) is 0 Å². The number of aryl methyl sites for hydroxylation is 2. The summed E-state index contributed by atoms with van der Waals surface area (Å²) in [6.07, 6.45) is 1.39. The van der Waals surface area contributed by atoms with E-state index in [9.17, 15) is 4.79 Å². The lowest BCUT2D eigenvalue weighted by molar-refractivity contribution is 0.248. The maximum absolute atomic E-state index is 10.3. The highest BCUT2D eigenvalue weighted by molar-refractivity contribution is 5.71. The van der Waals surface area contributed by atoms with Crippen LogP contribution in [-0.4, -0.2) is 22.7 Å². The molecule has 0 aliphatic heterocycles. The van der Waals surface area contributed by atoms with Crippen molar-refractivity contribution in [3.63, 3.8) is 0 Å². The summed E-state index contributed by atoms with van der Waals surface area (Å²) in [6.45, 7) is 2.28. The summed E-state index contributed by atoms with van der Waals surface area (Å²) in [5.74, 6) is 1.21. The molecule has 6 nitrogen and oxygen atoms in total. The van der Waals surface area contributed by atoms with Crippen molar-refractivity contribution in [2.24, 2.45) is 5.73 Å². The number of primary amides is 1. The van der Waals surface area contributed by atoms with Crippen LogP contribution in [0.2, 0.25) is 0 Å². The van der Waals surface area contributed by atoms with Crippen molar-refractivity contribution in [1.82, 2.24) is 15.5 Å². The predicted molar refractivity (Wildman–Crippen MR) is 44.9 cm³/mol. The highest BCUT2D eigenvalue weighted by atomic mass is 16.5. The molecule has 13 heavy (non-hydrogen) atoms. The molecule has 0 radical (unpaired) electrons. The summed E-state index contributed by atoms with van der Waals surface area (Å²) < 4.78 is 4.87. The second kappa shape index (κ2) is 4.44. The van der Waals surface area contributed by atoms with Gasteiger partial charge in [-0.1, -0.05) is 5.16 Å². The molecule has 2 amide bonds. The number of carbonyl (C=O) groups is 1. The van der Waals surface area contributed by atoms with Crippen molar-refractivity contribution >= 4 is 6.03 Å². The van der Waals surface area contributed by atoms with Crippen LogP contribution in [-0.2, 0) is 6.42 Å². The molecule has 1 aromatic rings. The summed E-state index contributed by atoms with van der Waals surface area (Å²) >= 11 is 0. The van der Waals surface area contributed by atoms with E-state index in [2.05, 4.69) is 15.5 Å². The first kappa shape index (κ1) is 9.50. The molecule has 0 saturated carbocycles. The van der Waals surface area contributed by atoms with Crippen LogP contribution >= 0.6 is 0 Å². The van der Waals surface area contributed by atoms with E-state index in [-0.39, 0.29) is 0 Å². The summed E-state index contributed by atoms with van der Waals surface area (Å²) in [5, 5.41) is 6.10. The Morgan fingerprint density at radius 1 is 1.69 bits per heavy atom. The van der Waals surface area contributed by atoms with Gasteiger partial charge in [0.15, 0.2) is 5.82 Å². The van der Waals surface area contributed by atoms with Crippen molar-refractivity contribution < 1.29 is 9.32 Å². The number of aromatic nitrogens is 2. The zero-order valence-electron chi connectivity index (χ0n) is 7.41. The number of nitrogens with one attached hydrogen (secondary N) is 1. The number of amides is 2. The highest BCUT2D eigenvalue weighted by Gasteiger charge is 2.01. The van der Waals surface area contributed by atoms with Gasteiger partial charge >= 0.3 is 6.03 Å². The fraction of sp³-hybridized carbons (Fsp3) is 0.571. The lowest BCUT2D eigenvalue weighted by atomic mass is 10.3. The number of nitrogens with two attached hydrogens (primary N) is 1. The number of hydrogen-bond acceptors (Lipinski definition) is 4. The van der Waals surface area contributed by atoms with E-state index >= 15 is 0 Å². The normalized spacial score (nSPS) is 9.92. The predicted octanol–water partition coefficient (Wildman–Crippen LogP) is -0.0211. The zero-order chi connectivity index (χ0) is 9.68. The van der Waals surface area contributed by atoms with Gasteiger partial charge in [0, 0.05) is 13.0 Å². The van der Waals surface area contributed by atoms with Crippen LogP contribution in [0.25, 0.3) is 0 Å². The van der Waals surface area contributed by atoms with Crippen LogP contribution < -0.4 is 11.1 Å². The molecule has 0 fully saturated rings. The van der Waals surface area contributed by atoms with E-state index in [1.54, 1.807) is 6.92 Å². The third kappa shape index (κ3) is 3.55. The molecule has 0 spiro atoms. The molecule has 1 rings (SSSR count). The van der Waals surface area contributed by atoms with Gasteiger partial charge in [-0.15, -0.1) is 0 Å². The Morgan fingerprint density at radius 3 is 3.00 bits per heavy atom. The monoisotopic (exact) mass is 184 g/mol. The maximum atomic E-state index is 10.3. The molecule has 0 saturated heterocycles. The number of nitrogens with zero attached hydrogens (tertiary/aromatic N) is 2. The average molecular weight is 184 g/mol. The van der Waals surface area contributed by atoms with E-state index < -0.39 is 6.03 Å². The Hall–Kier alpha value is -1.59. The molecule has 0 atom stereocenters. The van der Waals surface area contributed by atoms with E-state index in [1.807, 2.05) is 0 Å². The molecule has 0 bridgehead atoms. The standard InChI is InChI=1S/C7H12N4O2/c1-5-10-6(13-11-5)3-2-4-9-7(8)12/h2-4H2,1H3,(H3,8,9,12). The third-order valence-corrected chi connectivity index (χ3v) is 1.44. The minimum atomic E-state index is -0.512. The Balaban J connectivity index is 2.16. The fourth-order valence-corrected chi connectivity index (χ4v) is 0.893. The summed E-state index contributed by atoms with van der Waals surface area (Å²) in [5.41, 5.74) is 4.87. The molecule has 0 unspecified atom stereocenters. The Bertz CT molecular complexity index is 284. The molecule has 3 N–H and O–H groups in total. The molecule has 72 valence electrons. The minimum absolute atomic E-state index is 0.512. The molecule has 0 aliphatic carbocycles. The van der Waals surface area contributed by atoms with Crippen LogP contribution in [0.5, 0.6) is 0 Å². The third-order valence-electron chi connectivity index (χ3n) is 1.44. The van der Waals surface area contributed by atoms with Crippen LogP contribution in [0, 0.1) is 6.92 Å². The summed E-state index contributed by atoms with van der Waals surface area (Å²) in [6, 6.07) is -0.512. The van der Waals surface area contributed by atoms with Crippen molar-refractivity contribution in [3.05, 3.63) is 11.7 Å². The van der Waals surface area contributed by atoms with Gasteiger partial charge in [-0.2, -0.15) is 4.98 Å². The number of carbonyl (C=O) groups excluding carboxylic acids is 1. The van der Waals surface area contributed by atoms with Gasteiger partial charge in [-0.25, -0.2) is 4.79 Å². The first-order valence-corrected chi connectivity index (χ1v) is 4.01. The van der Waals surface area contributed by atoms with E-state index in [4.69, 9.17) is 10.3 Å². The first-order chi connectivity index (χ1) is 6.18. The minimum Gasteiger partial charge on any atom is -0.352 e. The van der Waals surface area contributed by atoms with E-state index in [0.29, 0.717) is 24.7 Å².